The van der Waals surface area contributed by atoms with Gasteiger partial charge in [0.1, 0.15) is 17.9 Å². The number of nitrogens with one attached hydrogen (secondary N) is 2. The lowest BCUT2D eigenvalue weighted by Gasteiger charge is -2.21. The van der Waals surface area contributed by atoms with Gasteiger partial charge in [0.25, 0.3) is 5.91 Å². The average Bonchev–Trinajstić information content (AvgIpc) is 3.55. The maximum atomic E-state index is 13.2. The van der Waals surface area contributed by atoms with Gasteiger partial charge in [0.2, 0.25) is 5.91 Å². The Morgan fingerprint density at radius 3 is 2.58 bits per heavy atom. The largest absolute Gasteiger partial charge is 0.458 e. The second kappa shape index (κ2) is 8.22. The van der Waals surface area contributed by atoms with Crippen LogP contribution < -0.4 is 10.6 Å². The summed E-state index contributed by atoms with van der Waals surface area (Å²) in [6.07, 6.45) is 0. The molecule has 2 atom stereocenters. The molecule has 1 fully saturated rings. The molecule has 2 aromatic heterocycles. The molecule has 4 aromatic rings. The maximum Gasteiger partial charge on any atom is 0.325 e. The van der Waals surface area contributed by atoms with Crippen molar-refractivity contribution in [3.8, 4) is 0 Å². The highest BCUT2D eigenvalue weighted by atomic mass is 32.1. The van der Waals surface area contributed by atoms with Crippen molar-refractivity contribution in [2.45, 2.75) is 18.5 Å². The second-order valence-corrected chi connectivity index (χ2v) is 9.00. The van der Waals surface area contributed by atoms with E-state index in [1.165, 1.54) is 11.3 Å². The van der Waals surface area contributed by atoms with Crippen molar-refractivity contribution in [2.24, 2.45) is 0 Å². The number of thiophene rings is 1. The van der Waals surface area contributed by atoms with E-state index in [0.717, 1.165) is 20.7 Å². The fourth-order valence-electron chi connectivity index (χ4n) is 4.01. The van der Waals surface area contributed by atoms with E-state index < -0.39 is 29.9 Å². The quantitative estimate of drug-likeness (QED) is 0.424. The van der Waals surface area contributed by atoms with Crippen LogP contribution in [-0.4, -0.2) is 29.3 Å². The van der Waals surface area contributed by atoms with Gasteiger partial charge in [-0.1, -0.05) is 54.6 Å². The van der Waals surface area contributed by atoms with Gasteiger partial charge in [0, 0.05) is 10.3 Å². The minimum Gasteiger partial charge on any atom is -0.458 e. The lowest BCUT2D eigenvalue weighted by atomic mass is 9.99. The van der Waals surface area contributed by atoms with E-state index >= 15 is 0 Å². The van der Waals surface area contributed by atoms with E-state index in [-0.39, 0.29) is 6.04 Å². The molecule has 2 N–H and O–H groups in total. The molecule has 8 heteroatoms. The number of amides is 4. The number of benzene rings is 2. The first kappa shape index (κ1) is 21.0. The van der Waals surface area contributed by atoms with E-state index in [1.54, 1.807) is 19.1 Å². The summed E-state index contributed by atoms with van der Waals surface area (Å²) in [6.45, 7) is 1.19. The highest BCUT2D eigenvalue weighted by Gasteiger charge is 2.51. The second-order valence-electron chi connectivity index (χ2n) is 8.02. The van der Waals surface area contributed by atoms with Crippen molar-refractivity contribution in [1.82, 2.24) is 15.5 Å². The molecule has 0 radical (unpaired) electrons. The number of carbonyl (C=O) groups excluding carboxylic acids is 3. The van der Waals surface area contributed by atoms with Crippen LogP contribution in [0.4, 0.5) is 4.79 Å². The number of hydrogen-bond donors (Lipinski definition) is 2. The third kappa shape index (κ3) is 3.78. The van der Waals surface area contributed by atoms with E-state index in [4.69, 9.17) is 4.42 Å². The van der Waals surface area contributed by atoms with Crippen LogP contribution in [0.3, 0.4) is 0 Å². The molecule has 166 valence electrons. The molecule has 0 unspecified atom stereocenters. The Morgan fingerprint density at radius 1 is 1.09 bits per heavy atom. The van der Waals surface area contributed by atoms with Gasteiger partial charge in [-0.05, 0) is 36.1 Å². The summed E-state index contributed by atoms with van der Waals surface area (Å²) < 4.78 is 5.84. The van der Waals surface area contributed by atoms with Gasteiger partial charge in [-0.2, -0.15) is 0 Å². The highest BCUT2D eigenvalue weighted by molar-refractivity contribution is 7.10. The van der Waals surface area contributed by atoms with E-state index in [9.17, 15) is 14.4 Å². The lowest BCUT2D eigenvalue weighted by molar-refractivity contribution is -0.135. The zero-order valence-corrected chi connectivity index (χ0v) is 18.6. The van der Waals surface area contributed by atoms with Gasteiger partial charge in [0.15, 0.2) is 5.54 Å². The van der Waals surface area contributed by atoms with Gasteiger partial charge < -0.3 is 15.1 Å². The molecule has 0 bridgehead atoms. The number of hydrogen-bond acceptors (Lipinski definition) is 5. The van der Waals surface area contributed by atoms with Crippen LogP contribution in [0.2, 0.25) is 0 Å². The standard InChI is InChI=1S/C25H21N3O4S/c1-25(20-14-17-10-5-6-11-18(17)32-20)23(30)28(24(31)27-25)15-21(29)26-22(19-12-7-13-33-19)16-8-3-2-4-9-16/h2-14,22H,15H2,1H3,(H,26,29)(H,27,31)/t22-,25-/m0/s1. The van der Waals surface area contributed by atoms with Gasteiger partial charge in [-0.15, -0.1) is 11.3 Å². The molecule has 5 rings (SSSR count). The van der Waals surface area contributed by atoms with Gasteiger partial charge in [0.05, 0.1) is 6.04 Å². The van der Waals surface area contributed by atoms with Crippen LogP contribution in [0.5, 0.6) is 0 Å². The number of urea groups is 1. The number of rotatable bonds is 6. The van der Waals surface area contributed by atoms with E-state index in [1.807, 2.05) is 66.0 Å². The molecule has 3 heterocycles. The Balaban J connectivity index is 1.36. The summed E-state index contributed by atoms with van der Waals surface area (Å²) in [5.74, 6) is -0.644. The monoisotopic (exact) mass is 459 g/mol. The molecule has 2 aromatic carbocycles. The molecule has 0 spiro atoms. The zero-order valence-electron chi connectivity index (χ0n) is 17.8. The number of furan rings is 1. The fraction of sp³-hybridized carbons (Fsp3) is 0.160. The number of para-hydroxylation sites is 1. The molecular formula is C25H21N3O4S. The van der Waals surface area contributed by atoms with Crippen molar-refractivity contribution in [2.75, 3.05) is 6.54 Å². The van der Waals surface area contributed by atoms with Crippen molar-refractivity contribution in [3.05, 3.63) is 94.4 Å². The van der Waals surface area contributed by atoms with Gasteiger partial charge >= 0.3 is 6.03 Å². The fourth-order valence-corrected chi connectivity index (χ4v) is 4.81. The lowest BCUT2D eigenvalue weighted by Crippen LogP contribution is -2.43. The van der Waals surface area contributed by atoms with Crippen molar-refractivity contribution >= 4 is 40.2 Å². The molecule has 1 aliphatic rings. The van der Waals surface area contributed by atoms with Crippen LogP contribution in [-0.2, 0) is 15.1 Å². The first-order chi connectivity index (χ1) is 16.0. The maximum absolute atomic E-state index is 13.2. The van der Waals surface area contributed by atoms with Crippen LogP contribution in [0.25, 0.3) is 11.0 Å². The third-order valence-electron chi connectivity index (χ3n) is 5.76. The zero-order chi connectivity index (χ0) is 23.0. The van der Waals surface area contributed by atoms with Crippen LogP contribution in [0.15, 0.2) is 82.6 Å². The summed E-state index contributed by atoms with van der Waals surface area (Å²) >= 11 is 1.52. The van der Waals surface area contributed by atoms with Crippen LogP contribution in [0.1, 0.15) is 29.2 Å². The Hall–Kier alpha value is -3.91. The smallest absolute Gasteiger partial charge is 0.325 e. The molecule has 0 saturated carbocycles. The first-order valence-electron chi connectivity index (χ1n) is 10.5. The first-order valence-corrected chi connectivity index (χ1v) is 11.3. The average molecular weight is 460 g/mol. The van der Waals surface area contributed by atoms with Gasteiger partial charge in [-0.25, -0.2) is 4.79 Å². The number of nitrogens with zero attached hydrogens (tertiary/aromatic N) is 1. The Kier molecular flexibility index (Phi) is 5.22. The molecule has 1 saturated heterocycles. The van der Waals surface area contributed by atoms with Crippen molar-refractivity contribution in [3.63, 3.8) is 0 Å². The summed E-state index contributed by atoms with van der Waals surface area (Å²) in [5, 5.41) is 8.42. The number of carbonyl (C=O) groups is 3. The minimum absolute atomic E-state index is 0.325. The third-order valence-corrected chi connectivity index (χ3v) is 6.70. The van der Waals surface area contributed by atoms with Crippen molar-refractivity contribution in [1.29, 1.82) is 0 Å². The Bertz CT molecular complexity index is 1300. The predicted octanol–water partition coefficient (Wildman–Crippen LogP) is 4.17. The predicted molar refractivity (Wildman–Crippen MR) is 125 cm³/mol. The Morgan fingerprint density at radius 2 is 1.85 bits per heavy atom. The van der Waals surface area contributed by atoms with Crippen LogP contribution >= 0.6 is 11.3 Å². The molecular weight excluding hydrogens is 438 g/mol. The SMILES string of the molecule is C[C@@]1(c2cc3ccccc3o2)NC(=O)N(CC(=O)N[C@@H](c2ccccc2)c2cccs2)C1=O. The summed E-state index contributed by atoms with van der Waals surface area (Å²) in [4.78, 5) is 40.8. The van der Waals surface area contributed by atoms with Crippen LogP contribution in [0, 0.1) is 0 Å². The highest BCUT2D eigenvalue weighted by Crippen LogP contribution is 2.33. The Labute approximate surface area is 194 Å². The molecule has 7 nitrogen and oxygen atoms in total. The molecule has 1 aliphatic heterocycles. The summed E-state index contributed by atoms with van der Waals surface area (Å²) in [5.41, 5.74) is 0.148. The minimum atomic E-state index is -1.39. The van der Waals surface area contributed by atoms with E-state index in [2.05, 4.69) is 10.6 Å². The van der Waals surface area contributed by atoms with Gasteiger partial charge in [-0.3, -0.25) is 14.5 Å². The summed E-state index contributed by atoms with van der Waals surface area (Å²) in [6, 6.07) is 21.5. The normalized spacial score (nSPS) is 19.0. The number of imide groups is 1. The summed E-state index contributed by atoms with van der Waals surface area (Å²) in [7, 11) is 0. The molecule has 33 heavy (non-hydrogen) atoms. The van der Waals surface area contributed by atoms with E-state index in [0.29, 0.717) is 11.3 Å². The molecule has 0 aliphatic carbocycles. The van der Waals surface area contributed by atoms with Crippen molar-refractivity contribution < 1.29 is 18.8 Å². The number of fused-ring (bicyclic) bond motifs is 1. The molecule has 4 amide bonds. The topological polar surface area (TPSA) is 91.7 Å².